The SMILES string of the molecule is CCC(CO)(CO)NC(=O)c1cc(S(=O)(=O)NC)cn1C. The van der Waals surface area contributed by atoms with Crippen molar-refractivity contribution in [2.45, 2.75) is 23.8 Å². The molecule has 4 N–H and O–H groups in total. The van der Waals surface area contributed by atoms with Crippen molar-refractivity contribution in [1.29, 1.82) is 0 Å². The van der Waals surface area contributed by atoms with Crippen LogP contribution in [-0.4, -0.2) is 54.9 Å². The average Bonchev–Trinajstić information content (AvgIpc) is 2.87. The normalized spacial score (nSPS) is 12.4. The fourth-order valence-corrected chi connectivity index (χ4v) is 2.57. The Bertz CT molecular complexity index is 596. The van der Waals surface area contributed by atoms with Crippen molar-refractivity contribution in [2.24, 2.45) is 7.05 Å². The molecule has 0 atom stereocenters. The molecule has 1 aromatic heterocycles. The highest BCUT2D eigenvalue weighted by atomic mass is 32.2. The molecule has 0 aliphatic carbocycles. The van der Waals surface area contributed by atoms with Gasteiger partial charge < -0.3 is 20.1 Å². The first-order chi connectivity index (χ1) is 9.75. The summed E-state index contributed by atoms with van der Waals surface area (Å²) in [5, 5.41) is 21.2. The molecule has 8 nitrogen and oxygen atoms in total. The number of aliphatic hydroxyl groups is 2. The zero-order chi connectivity index (χ0) is 16.3. The molecule has 0 radical (unpaired) electrons. The predicted molar refractivity (Wildman–Crippen MR) is 76.3 cm³/mol. The lowest BCUT2D eigenvalue weighted by Crippen LogP contribution is -2.54. The van der Waals surface area contributed by atoms with Crippen LogP contribution in [0.2, 0.25) is 0 Å². The summed E-state index contributed by atoms with van der Waals surface area (Å²) in [4.78, 5) is 12.2. The predicted octanol–water partition coefficient (Wildman–Crippen LogP) is -1.20. The van der Waals surface area contributed by atoms with E-state index >= 15 is 0 Å². The van der Waals surface area contributed by atoms with E-state index in [4.69, 9.17) is 0 Å². The fourth-order valence-electron chi connectivity index (χ4n) is 1.77. The first-order valence-corrected chi connectivity index (χ1v) is 7.87. The van der Waals surface area contributed by atoms with E-state index < -0.39 is 34.7 Å². The van der Waals surface area contributed by atoms with E-state index in [0.717, 1.165) is 0 Å². The molecule has 0 aromatic carbocycles. The van der Waals surface area contributed by atoms with Crippen molar-refractivity contribution in [3.05, 3.63) is 18.0 Å². The summed E-state index contributed by atoms with van der Waals surface area (Å²) in [5.74, 6) is -0.569. The fraction of sp³-hybridized carbons (Fsp3) is 0.583. The number of aromatic nitrogens is 1. The largest absolute Gasteiger partial charge is 0.394 e. The van der Waals surface area contributed by atoms with Gasteiger partial charge in [-0.05, 0) is 19.5 Å². The van der Waals surface area contributed by atoms with E-state index in [0.29, 0.717) is 6.42 Å². The highest BCUT2D eigenvalue weighted by molar-refractivity contribution is 7.89. The van der Waals surface area contributed by atoms with Gasteiger partial charge in [-0.15, -0.1) is 0 Å². The number of carbonyl (C=O) groups excluding carboxylic acids is 1. The van der Waals surface area contributed by atoms with Gasteiger partial charge in [-0.2, -0.15) is 0 Å². The molecule has 0 fully saturated rings. The van der Waals surface area contributed by atoms with Gasteiger partial charge >= 0.3 is 0 Å². The molecular formula is C12H21N3O5S. The van der Waals surface area contributed by atoms with E-state index in [9.17, 15) is 23.4 Å². The molecule has 0 unspecified atom stereocenters. The Morgan fingerprint density at radius 3 is 2.38 bits per heavy atom. The minimum Gasteiger partial charge on any atom is -0.394 e. The van der Waals surface area contributed by atoms with Crippen molar-refractivity contribution in [3.8, 4) is 0 Å². The summed E-state index contributed by atoms with van der Waals surface area (Å²) in [6, 6.07) is 1.23. The topological polar surface area (TPSA) is 121 Å². The lowest BCUT2D eigenvalue weighted by Gasteiger charge is -2.29. The number of hydrogen-bond acceptors (Lipinski definition) is 5. The van der Waals surface area contributed by atoms with Crippen LogP contribution in [-0.2, 0) is 17.1 Å². The van der Waals surface area contributed by atoms with Gasteiger partial charge in [0, 0.05) is 13.2 Å². The van der Waals surface area contributed by atoms with Gasteiger partial charge in [0.25, 0.3) is 5.91 Å². The molecule has 1 amide bonds. The van der Waals surface area contributed by atoms with E-state index in [1.807, 2.05) is 0 Å². The maximum Gasteiger partial charge on any atom is 0.268 e. The first-order valence-electron chi connectivity index (χ1n) is 6.39. The molecule has 120 valence electrons. The third-order valence-electron chi connectivity index (χ3n) is 3.45. The van der Waals surface area contributed by atoms with Crippen LogP contribution in [0.1, 0.15) is 23.8 Å². The Kier molecular flexibility index (Phi) is 5.51. The summed E-state index contributed by atoms with van der Waals surface area (Å²) in [7, 11) is -0.827. The van der Waals surface area contributed by atoms with Crippen molar-refractivity contribution < 1.29 is 23.4 Å². The van der Waals surface area contributed by atoms with E-state index in [1.165, 1.54) is 30.9 Å². The Hall–Kier alpha value is -1.42. The smallest absolute Gasteiger partial charge is 0.268 e. The van der Waals surface area contributed by atoms with Crippen LogP contribution in [0, 0.1) is 0 Å². The van der Waals surface area contributed by atoms with Crippen LogP contribution in [0.25, 0.3) is 0 Å². The summed E-state index contributed by atoms with van der Waals surface area (Å²) in [6.07, 6.45) is 1.64. The molecular weight excluding hydrogens is 298 g/mol. The number of aliphatic hydroxyl groups excluding tert-OH is 2. The van der Waals surface area contributed by atoms with Crippen molar-refractivity contribution in [1.82, 2.24) is 14.6 Å². The number of nitrogens with one attached hydrogen (secondary N) is 2. The molecule has 0 aliphatic rings. The molecule has 0 bridgehead atoms. The van der Waals surface area contributed by atoms with Crippen molar-refractivity contribution in [2.75, 3.05) is 20.3 Å². The highest BCUT2D eigenvalue weighted by Gasteiger charge is 2.30. The lowest BCUT2D eigenvalue weighted by atomic mass is 9.98. The molecule has 1 heterocycles. The zero-order valence-corrected chi connectivity index (χ0v) is 13.1. The van der Waals surface area contributed by atoms with Gasteiger partial charge in [-0.1, -0.05) is 6.92 Å². The maximum atomic E-state index is 12.2. The standard InChI is InChI=1S/C12H21N3O5S/c1-4-12(7-16,8-17)14-11(18)10-5-9(6-15(10)3)21(19,20)13-2/h5-6,13,16-17H,4,7-8H2,1-3H3,(H,14,18). The third-order valence-corrected chi connectivity index (χ3v) is 4.83. The number of nitrogens with zero attached hydrogens (tertiary/aromatic N) is 1. The van der Waals surface area contributed by atoms with Crippen LogP contribution in [0.3, 0.4) is 0 Å². The second-order valence-electron chi connectivity index (χ2n) is 4.78. The average molecular weight is 319 g/mol. The van der Waals surface area contributed by atoms with Crippen LogP contribution < -0.4 is 10.0 Å². The van der Waals surface area contributed by atoms with Crippen LogP contribution >= 0.6 is 0 Å². The number of sulfonamides is 1. The molecule has 0 saturated carbocycles. The van der Waals surface area contributed by atoms with Crippen LogP contribution in [0.4, 0.5) is 0 Å². The quantitative estimate of drug-likeness (QED) is 0.503. The van der Waals surface area contributed by atoms with Crippen LogP contribution in [0.15, 0.2) is 17.2 Å². The van der Waals surface area contributed by atoms with Gasteiger partial charge in [0.1, 0.15) is 10.6 Å². The number of carbonyl (C=O) groups is 1. The molecule has 0 aliphatic heterocycles. The van der Waals surface area contributed by atoms with Gasteiger partial charge in [-0.25, -0.2) is 13.1 Å². The number of rotatable bonds is 7. The van der Waals surface area contributed by atoms with Gasteiger partial charge in [-0.3, -0.25) is 4.79 Å². The minimum atomic E-state index is -3.64. The van der Waals surface area contributed by atoms with E-state index in [-0.39, 0.29) is 10.6 Å². The number of amides is 1. The Labute approximate surface area is 123 Å². The second-order valence-corrected chi connectivity index (χ2v) is 6.67. The molecule has 0 spiro atoms. The Morgan fingerprint density at radius 1 is 1.38 bits per heavy atom. The zero-order valence-electron chi connectivity index (χ0n) is 12.3. The molecule has 21 heavy (non-hydrogen) atoms. The Balaban J connectivity index is 3.10. The summed E-state index contributed by atoms with van der Waals surface area (Å²) < 4.78 is 26.9. The van der Waals surface area contributed by atoms with Gasteiger partial charge in [0.2, 0.25) is 10.0 Å². The van der Waals surface area contributed by atoms with Crippen molar-refractivity contribution >= 4 is 15.9 Å². The van der Waals surface area contributed by atoms with Gasteiger partial charge in [0.05, 0.1) is 18.8 Å². The lowest BCUT2D eigenvalue weighted by molar-refractivity contribution is 0.0646. The number of aryl methyl sites for hydroxylation is 1. The maximum absolute atomic E-state index is 12.2. The first kappa shape index (κ1) is 17.6. The summed E-state index contributed by atoms with van der Waals surface area (Å²) >= 11 is 0. The van der Waals surface area contributed by atoms with E-state index in [1.54, 1.807) is 6.92 Å². The highest BCUT2D eigenvalue weighted by Crippen LogP contribution is 2.15. The molecule has 1 aromatic rings. The van der Waals surface area contributed by atoms with Crippen LogP contribution in [0.5, 0.6) is 0 Å². The molecule has 9 heteroatoms. The van der Waals surface area contributed by atoms with Crippen molar-refractivity contribution in [3.63, 3.8) is 0 Å². The number of hydrogen-bond donors (Lipinski definition) is 4. The minimum absolute atomic E-state index is 0.0345. The molecule has 1 rings (SSSR count). The Morgan fingerprint density at radius 2 is 1.95 bits per heavy atom. The monoisotopic (exact) mass is 319 g/mol. The summed E-state index contributed by atoms with van der Waals surface area (Å²) in [6.45, 7) is 0.879. The third kappa shape index (κ3) is 3.62. The summed E-state index contributed by atoms with van der Waals surface area (Å²) in [5.41, 5.74) is -1.02. The van der Waals surface area contributed by atoms with Gasteiger partial charge in [0.15, 0.2) is 0 Å². The van der Waals surface area contributed by atoms with E-state index in [2.05, 4.69) is 10.0 Å². The second kappa shape index (κ2) is 6.56. The molecule has 0 saturated heterocycles.